The van der Waals surface area contributed by atoms with Gasteiger partial charge in [-0.1, -0.05) is 29.8 Å². The second-order valence-electron chi connectivity index (χ2n) is 6.87. The van der Waals surface area contributed by atoms with E-state index in [2.05, 4.69) is 24.0 Å². The number of aryl methyl sites for hydroxylation is 3. The third-order valence-corrected chi connectivity index (χ3v) is 4.99. The molecule has 4 rings (SSSR count). The maximum atomic E-state index is 13.0. The summed E-state index contributed by atoms with van der Waals surface area (Å²) >= 11 is 0. The Kier molecular flexibility index (Phi) is 4.94. The molecule has 0 aliphatic carbocycles. The van der Waals surface area contributed by atoms with E-state index in [1.165, 1.54) is 0 Å². The molecule has 2 aromatic carbocycles. The highest BCUT2D eigenvalue weighted by Gasteiger charge is 2.11. The van der Waals surface area contributed by atoms with Crippen molar-refractivity contribution in [2.24, 2.45) is 0 Å². The maximum Gasteiger partial charge on any atom is 0.251 e. The van der Waals surface area contributed by atoms with Gasteiger partial charge in [0.1, 0.15) is 5.75 Å². The average Bonchev–Trinajstić information content (AvgIpc) is 2.73. The standard InChI is InChI=1S/C24H22N2O2/c1-17-6-11-23-22(15-17)21(18-7-9-20(28-2)10-8-18)16-24(27)26(23)14-12-19-5-3-4-13-25-19/h3-11,13,15-16H,12,14H2,1-2H3. The fourth-order valence-corrected chi connectivity index (χ4v) is 3.51. The predicted octanol–water partition coefficient (Wildman–Crippen LogP) is 4.62. The monoisotopic (exact) mass is 370 g/mol. The zero-order valence-electron chi connectivity index (χ0n) is 16.1. The Labute approximate surface area is 164 Å². The minimum absolute atomic E-state index is 0.00176. The number of fused-ring (bicyclic) bond motifs is 1. The SMILES string of the molecule is COc1ccc(-c2cc(=O)n(CCc3ccccn3)c3ccc(C)cc23)cc1. The van der Waals surface area contributed by atoms with E-state index in [1.54, 1.807) is 19.4 Å². The van der Waals surface area contributed by atoms with Crippen LogP contribution in [0.5, 0.6) is 5.75 Å². The molecule has 2 aromatic heterocycles. The van der Waals surface area contributed by atoms with Crippen LogP contribution in [-0.2, 0) is 13.0 Å². The Bertz CT molecular complexity index is 1160. The molecule has 0 atom stereocenters. The zero-order valence-corrected chi connectivity index (χ0v) is 16.1. The first-order chi connectivity index (χ1) is 13.7. The second-order valence-corrected chi connectivity index (χ2v) is 6.87. The molecule has 0 aliphatic heterocycles. The normalized spacial score (nSPS) is 10.9. The first-order valence-corrected chi connectivity index (χ1v) is 9.34. The van der Waals surface area contributed by atoms with Crippen molar-refractivity contribution in [3.8, 4) is 16.9 Å². The average molecular weight is 370 g/mol. The fraction of sp³-hybridized carbons (Fsp3) is 0.167. The number of nitrogens with zero attached hydrogens (tertiary/aromatic N) is 2. The molecule has 0 saturated carbocycles. The third-order valence-electron chi connectivity index (χ3n) is 4.99. The quantitative estimate of drug-likeness (QED) is 0.515. The molecule has 4 heteroatoms. The van der Waals surface area contributed by atoms with Crippen LogP contribution >= 0.6 is 0 Å². The van der Waals surface area contributed by atoms with Crippen LogP contribution in [-0.4, -0.2) is 16.7 Å². The molecule has 0 amide bonds. The number of rotatable bonds is 5. The molecule has 0 spiro atoms. The van der Waals surface area contributed by atoms with Gasteiger partial charge in [-0.25, -0.2) is 0 Å². The molecule has 0 N–H and O–H groups in total. The van der Waals surface area contributed by atoms with E-state index in [9.17, 15) is 4.79 Å². The van der Waals surface area contributed by atoms with E-state index in [4.69, 9.17) is 4.74 Å². The molecule has 0 unspecified atom stereocenters. The van der Waals surface area contributed by atoms with Crippen LogP contribution in [0.1, 0.15) is 11.3 Å². The number of aromatic nitrogens is 2. The van der Waals surface area contributed by atoms with Gasteiger partial charge >= 0.3 is 0 Å². The Morgan fingerprint density at radius 2 is 1.82 bits per heavy atom. The minimum atomic E-state index is -0.00176. The largest absolute Gasteiger partial charge is 0.497 e. The van der Waals surface area contributed by atoms with E-state index in [0.29, 0.717) is 13.0 Å². The fourth-order valence-electron chi connectivity index (χ4n) is 3.51. The third kappa shape index (κ3) is 3.54. The summed E-state index contributed by atoms with van der Waals surface area (Å²) < 4.78 is 7.10. The lowest BCUT2D eigenvalue weighted by molar-refractivity contribution is 0.415. The van der Waals surface area contributed by atoms with Crippen molar-refractivity contribution in [1.82, 2.24) is 9.55 Å². The highest BCUT2D eigenvalue weighted by molar-refractivity contribution is 5.95. The lowest BCUT2D eigenvalue weighted by Crippen LogP contribution is -2.21. The molecule has 0 radical (unpaired) electrons. The van der Waals surface area contributed by atoms with Crippen molar-refractivity contribution in [2.45, 2.75) is 19.9 Å². The number of benzene rings is 2. The second kappa shape index (κ2) is 7.69. The van der Waals surface area contributed by atoms with E-state index < -0.39 is 0 Å². The van der Waals surface area contributed by atoms with Crippen molar-refractivity contribution >= 4 is 10.9 Å². The molecule has 28 heavy (non-hydrogen) atoms. The van der Waals surface area contributed by atoms with E-state index in [0.717, 1.165) is 39.0 Å². The lowest BCUT2D eigenvalue weighted by atomic mass is 9.99. The van der Waals surface area contributed by atoms with Gasteiger partial charge in [-0.15, -0.1) is 0 Å². The van der Waals surface area contributed by atoms with Crippen LogP contribution < -0.4 is 10.3 Å². The highest BCUT2D eigenvalue weighted by Crippen LogP contribution is 2.29. The van der Waals surface area contributed by atoms with Crippen LogP contribution in [0.4, 0.5) is 0 Å². The van der Waals surface area contributed by atoms with E-state index in [-0.39, 0.29) is 5.56 Å². The van der Waals surface area contributed by atoms with Crippen molar-refractivity contribution < 1.29 is 4.74 Å². The predicted molar refractivity (Wildman–Crippen MR) is 113 cm³/mol. The lowest BCUT2D eigenvalue weighted by Gasteiger charge is -2.15. The molecule has 0 bridgehead atoms. The smallest absolute Gasteiger partial charge is 0.251 e. The molecule has 2 heterocycles. The van der Waals surface area contributed by atoms with Crippen LogP contribution in [0.25, 0.3) is 22.0 Å². The van der Waals surface area contributed by atoms with Crippen LogP contribution in [0.15, 0.2) is 77.7 Å². The van der Waals surface area contributed by atoms with Gasteiger partial charge in [-0.3, -0.25) is 9.78 Å². The number of methoxy groups -OCH3 is 1. The van der Waals surface area contributed by atoms with Crippen LogP contribution in [0.2, 0.25) is 0 Å². The number of pyridine rings is 2. The summed E-state index contributed by atoms with van der Waals surface area (Å²) in [5.41, 5.74) is 5.04. The molecule has 0 saturated heterocycles. The van der Waals surface area contributed by atoms with Gasteiger partial charge in [0.25, 0.3) is 5.56 Å². The molecule has 0 fully saturated rings. The minimum Gasteiger partial charge on any atom is -0.497 e. The summed E-state index contributed by atoms with van der Waals surface area (Å²) in [6.07, 6.45) is 2.50. The zero-order chi connectivity index (χ0) is 19.5. The number of hydrogen-bond donors (Lipinski definition) is 0. The Morgan fingerprint density at radius 3 is 2.54 bits per heavy atom. The summed E-state index contributed by atoms with van der Waals surface area (Å²) in [5, 5.41) is 1.07. The topological polar surface area (TPSA) is 44.1 Å². The van der Waals surface area contributed by atoms with Gasteiger partial charge in [0, 0.05) is 36.3 Å². The number of ether oxygens (including phenoxy) is 1. The van der Waals surface area contributed by atoms with Crippen molar-refractivity contribution in [1.29, 1.82) is 0 Å². The van der Waals surface area contributed by atoms with Gasteiger partial charge in [0.2, 0.25) is 0 Å². The number of hydrogen-bond acceptors (Lipinski definition) is 3. The highest BCUT2D eigenvalue weighted by atomic mass is 16.5. The van der Waals surface area contributed by atoms with Gasteiger partial charge in [-0.2, -0.15) is 0 Å². The molecular weight excluding hydrogens is 348 g/mol. The Morgan fingerprint density at radius 1 is 1.00 bits per heavy atom. The van der Waals surface area contributed by atoms with E-state index >= 15 is 0 Å². The first kappa shape index (κ1) is 18.0. The summed E-state index contributed by atoms with van der Waals surface area (Å²) in [6, 6.07) is 21.7. The van der Waals surface area contributed by atoms with Gasteiger partial charge < -0.3 is 9.30 Å². The molecule has 0 aliphatic rings. The van der Waals surface area contributed by atoms with Crippen LogP contribution in [0, 0.1) is 6.92 Å². The summed E-state index contributed by atoms with van der Waals surface area (Å²) in [6.45, 7) is 2.67. The molecule has 140 valence electrons. The summed E-state index contributed by atoms with van der Waals surface area (Å²) in [4.78, 5) is 17.3. The first-order valence-electron chi connectivity index (χ1n) is 9.34. The van der Waals surface area contributed by atoms with Crippen LogP contribution in [0.3, 0.4) is 0 Å². The van der Waals surface area contributed by atoms with Gasteiger partial charge in [0.05, 0.1) is 12.6 Å². The molecular formula is C24H22N2O2. The Hall–Kier alpha value is -3.40. The molecule has 4 nitrogen and oxygen atoms in total. The van der Waals surface area contributed by atoms with Crippen molar-refractivity contribution in [2.75, 3.05) is 7.11 Å². The van der Waals surface area contributed by atoms with Crippen molar-refractivity contribution in [3.63, 3.8) is 0 Å². The molecule has 4 aromatic rings. The summed E-state index contributed by atoms with van der Waals surface area (Å²) in [7, 11) is 1.65. The van der Waals surface area contributed by atoms with Gasteiger partial charge in [0.15, 0.2) is 0 Å². The van der Waals surface area contributed by atoms with E-state index in [1.807, 2.05) is 53.1 Å². The van der Waals surface area contributed by atoms with Gasteiger partial charge in [-0.05, 0) is 54.4 Å². The maximum absolute atomic E-state index is 13.0. The van der Waals surface area contributed by atoms with Crippen molar-refractivity contribution in [3.05, 3.63) is 94.5 Å². The summed E-state index contributed by atoms with van der Waals surface area (Å²) in [5.74, 6) is 0.799. The Balaban J connectivity index is 1.82.